The molecule has 2 fully saturated rings. The zero-order valence-electron chi connectivity index (χ0n) is 29.2. The predicted octanol–water partition coefficient (Wildman–Crippen LogP) is 8.09. The molecule has 246 valence electrons. The average molecular weight is 627 g/mol. The van der Waals surface area contributed by atoms with Crippen LogP contribution in [0.1, 0.15) is 130 Å². The number of rotatable bonds is 2. The summed E-state index contributed by atoms with van der Waals surface area (Å²) >= 11 is 0. The van der Waals surface area contributed by atoms with Crippen molar-refractivity contribution in [2.24, 2.45) is 34.0 Å². The fraction of sp³-hybridized carbons (Fsp3) is 0.600. The van der Waals surface area contributed by atoms with Crippen molar-refractivity contribution in [1.29, 1.82) is 0 Å². The first kappa shape index (κ1) is 32.7. The van der Waals surface area contributed by atoms with Gasteiger partial charge in [-0.2, -0.15) is 0 Å². The number of carbonyl (C=O) groups excluding carboxylic acids is 4. The molecule has 0 amide bonds. The normalized spacial score (nSPS) is 33.5. The Morgan fingerprint density at radius 3 is 1.74 bits per heavy atom. The lowest BCUT2D eigenvalue weighted by Crippen LogP contribution is -2.55. The first-order chi connectivity index (χ1) is 21.2. The number of hydrogen-bond acceptors (Lipinski definition) is 6. The van der Waals surface area contributed by atoms with Crippen LogP contribution in [0.25, 0.3) is 5.57 Å². The first-order valence-corrected chi connectivity index (χ1v) is 17.2. The topological polar surface area (TPSA) is 109 Å². The van der Waals surface area contributed by atoms with Gasteiger partial charge in [0.2, 0.25) is 11.6 Å². The number of Topliss-reactive ketones (excluding diaryl/α,β-unsaturated/α-hetero) is 4. The molecular formula is C40H50O6. The number of carbonyl (C=O) groups is 4. The summed E-state index contributed by atoms with van der Waals surface area (Å²) in [4.78, 5) is 58.7. The van der Waals surface area contributed by atoms with Gasteiger partial charge in [0.25, 0.3) is 0 Å². The standard InChI is InChI=1S/C40H50O6/c1-19(2)21-17-23-25(31(43)35-37(5,6)13-11-15-39(35,9)27(23)33(45)29(21)41)26-24-18-22(20(3)4)30(42)34(46)28(24)40(10)16-12-14-38(7,8)36(40)32(26)44/h17-20,35-36,41,45H,11-16H2,1-10H3/t35?,36?,39-,40-/m1/s1. The van der Waals surface area contributed by atoms with E-state index in [9.17, 15) is 19.8 Å². The molecule has 0 heterocycles. The first-order valence-electron chi connectivity index (χ1n) is 17.2. The average Bonchev–Trinajstić information content (AvgIpc) is 2.91. The molecule has 4 atom stereocenters. The van der Waals surface area contributed by atoms with E-state index >= 15 is 9.59 Å². The number of benzene rings is 1. The maximum atomic E-state index is 15.4. The summed E-state index contributed by atoms with van der Waals surface area (Å²) < 4.78 is 0. The summed E-state index contributed by atoms with van der Waals surface area (Å²) in [6.45, 7) is 19.8. The molecule has 6 nitrogen and oxygen atoms in total. The second kappa shape index (κ2) is 10.1. The number of phenols is 2. The lowest BCUT2D eigenvalue weighted by molar-refractivity contribution is -0.137. The molecule has 6 heteroatoms. The Kier molecular flexibility index (Phi) is 7.18. The van der Waals surface area contributed by atoms with Gasteiger partial charge in [0, 0.05) is 56.1 Å². The maximum Gasteiger partial charge on any atom is 0.230 e. The van der Waals surface area contributed by atoms with Crippen molar-refractivity contribution in [3.8, 4) is 11.5 Å². The largest absolute Gasteiger partial charge is 0.504 e. The van der Waals surface area contributed by atoms with Crippen molar-refractivity contribution in [1.82, 2.24) is 0 Å². The monoisotopic (exact) mass is 626 g/mol. The van der Waals surface area contributed by atoms with E-state index in [0.717, 1.165) is 25.7 Å². The van der Waals surface area contributed by atoms with Crippen molar-refractivity contribution in [2.45, 2.75) is 119 Å². The molecule has 2 N–H and O–H groups in total. The van der Waals surface area contributed by atoms with Crippen LogP contribution in [0.3, 0.4) is 0 Å². The predicted molar refractivity (Wildman–Crippen MR) is 178 cm³/mol. The molecule has 0 bridgehead atoms. The summed E-state index contributed by atoms with van der Waals surface area (Å²) in [7, 11) is 0. The second-order valence-corrected chi connectivity index (χ2v) is 17.3. The summed E-state index contributed by atoms with van der Waals surface area (Å²) in [6, 6.07) is 1.80. The Morgan fingerprint density at radius 2 is 1.20 bits per heavy atom. The minimum atomic E-state index is -0.858. The summed E-state index contributed by atoms with van der Waals surface area (Å²) in [5, 5.41) is 23.2. The van der Waals surface area contributed by atoms with E-state index in [-0.39, 0.29) is 46.0 Å². The molecule has 0 saturated heterocycles. The van der Waals surface area contributed by atoms with Crippen molar-refractivity contribution >= 4 is 28.7 Å². The number of aromatic hydroxyl groups is 2. The third-order valence-corrected chi connectivity index (χ3v) is 12.6. The van der Waals surface area contributed by atoms with Gasteiger partial charge in [-0.1, -0.05) is 82.1 Å². The Morgan fingerprint density at radius 1 is 0.674 bits per heavy atom. The van der Waals surface area contributed by atoms with Gasteiger partial charge in [-0.25, -0.2) is 0 Å². The fourth-order valence-electron chi connectivity index (χ4n) is 10.8. The molecule has 5 aliphatic carbocycles. The second-order valence-electron chi connectivity index (χ2n) is 17.3. The number of ketones is 4. The summed E-state index contributed by atoms with van der Waals surface area (Å²) in [5.41, 5.74) is 0.429. The SMILES string of the molecule is CC(C)C1=CC2=C(C(=O)C1=O)[C@@]1(C)CCCC(C)(C)C1C(=O)C2=C1C(=O)C2C(C)(C)CCC[C@]2(C)c2c1cc(C(C)C)c(O)c2O. The zero-order valence-corrected chi connectivity index (χ0v) is 29.2. The number of fused-ring (bicyclic) bond motifs is 5. The van der Waals surface area contributed by atoms with Crippen molar-refractivity contribution in [2.75, 3.05) is 0 Å². The highest BCUT2D eigenvalue weighted by molar-refractivity contribution is 6.51. The van der Waals surface area contributed by atoms with Crippen LogP contribution in [0.4, 0.5) is 0 Å². The molecule has 0 spiro atoms. The van der Waals surface area contributed by atoms with E-state index in [0.29, 0.717) is 46.3 Å². The van der Waals surface area contributed by atoms with Crippen molar-refractivity contribution < 1.29 is 29.4 Å². The number of phenolic OH excluding ortho intramolecular Hbond substituents is 2. The van der Waals surface area contributed by atoms with Gasteiger partial charge in [-0.05, 0) is 71.6 Å². The fourth-order valence-corrected chi connectivity index (χ4v) is 10.8. The van der Waals surface area contributed by atoms with Crippen LogP contribution in [-0.2, 0) is 24.6 Å². The molecule has 0 aromatic heterocycles. The third-order valence-electron chi connectivity index (χ3n) is 12.6. The van der Waals surface area contributed by atoms with Gasteiger partial charge >= 0.3 is 0 Å². The molecule has 5 aliphatic rings. The molecule has 1 aromatic carbocycles. The van der Waals surface area contributed by atoms with Gasteiger partial charge in [-0.3, -0.25) is 19.2 Å². The van der Waals surface area contributed by atoms with E-state index < -0.39 is 45.1 Å². The smallest absolute Gasteiger partial charge is 0.230 e. The van der Waals surface area contributed by atoms with Crippen LogP contribution < -0.4 is 0 Å². The molecular weight excluding hydrogens is 576 g/mol. The molecule has 0 aliphatic heterocycles. The number of allylic oxidation sites excluding steroid dienone is 6. The lowest BCUT2D eigenvalue weighted by Gasteiger charge is -2.56. The minimum Gasteiger partial charge on any atom is -0.504 e. The van der Waals surface area contributed by atoms with Gasteiger partial charge < -0.3 is 10.2 Å². The molecule has 1 aromatic rings. The Labute approximate surface area is 273 Å². The highest BCUT2D eigenvalue weighted by atomic mass is 16.3. The zero-order chi connectivity index (χ0) is 34.0. The highest BCUT2D eigenvalue weighted by Gasteiger charge is 2.62. The van der Waals surface area contributed by atoms with E-state index in [1.165, 1.54) is 0 Å². The number of hydrogen-bond donors (Lipinski definition) is 2. The Balaban J connectivity index is 1.85. The van der Waals surface area contributed by atoms with Crippen LogP contribution in [-0.4, -0.2) is 33.3 Å². The molecule has 2 unspecified atom stereocenters. The van der Waals surface area contributed by atoms with E-state index in [2.05, 4.69) is 27.7 Å². The quantitative estimate of drug-likeness (QED) is 0.149. The molecule has 0 radical (unpaired) electrons. The van der Waals surface area contributed by atoms with Crippen molar-refractivity contribution in [3.63, 3.8) is 0 Å². The summed E-state index contributed by atoms with van der Waals surface area (Å²) in [6.07, 6.45) is 6.23. The van der Waals surface area contributed by atoms with Crippen molar-refractivity contribution in [3.05, 3.63) is 51.1 Å². The van der Waals surface area contributed by atoms with Crippen LogP contribution in [0.2, 0.25) is 0 Å². The van der Waals surface area contributed by atoms with E-state index in [1.807, 2.05) is 41.5 Å². The lowest BCUT2D eigenvalue weighted by atomic mass is 9.45. The molecule has 6 rings (SSSR count). The van der Waals surface area contributed by atoms with Gasteiger partial charge in [0.15, 0.2) is 23.1 Å². The van der Waals surface area contributed by atoms with E-state index in [1.54, 1.807) is 12.1 Å². The van der Waals surface area contributed by atoms with Gasteiger partial charge in [0.05, 0.1) is 0 Å². The van der Waals surface area contributed by atoms with E-state index in [4.69, 9.17) is 0 Å². The molecule has 2 saturated carbocycles. The minimum absolute atomic E-state index is 0.157. The van der Waals surface area contributed by atoms with Crippen LogP contribution >= 0.6 is 0 Å². The van der Waals surface area contributed by atoms with Crippen LogP contribution in [0.5, 0.6) is 11.5 Å². The van der Waals surface area contributed by atoms with Gasteiger partial charge in [0.1, 0.15) is 0 Å². The third kappa shape index (κ3) is 4.13. The van der Waals surface area contributed by atoms with Gasteiger partial charge in [-0.15, -0.1) is 0 Å². The molecule has 46 heavy (non-hydrogen) atoms. The maximum absolute atomic E-state index is 15.4. The Bertz CT molecular complexity index is 1730. The Hall–Kier alpha value is -3.28. The highest BCUT2D eigenvalue weighted by Crippen LogP contribution is 2.65. The van der Waals surface area contributed by atoms with Crippen LogP contribution in [0.15, 0.2) is 34.4 Å². The van der Waals surface area contributed by atoms with Crippen LogP contribution in [0, 0.1) is 34.0 Å². The summed E-state index contributed by atoms with van der Waals surface area (Å²) in [5.74, 6) is -3.46.